The first-order valence-electron chi connectivity index (χ1n) is 19.9. The fraction of sp³-hybridized carbons (Fsp3) is 0.698. The topological polar surface area (TPSA) is 109 Å². The second-order valence-electron chi connectivity index (χ2n) is 16.2. The molecule has 1 saturated heterocycles. The van der Waals surface area contributed by atoms with E-state index in [1.807, 2.05) is 63.1 Å². The van der Waals surface area contributed by atoms with Crippen molar-refractivity contribution in [3.05, 3.63) is 52.5 Å². The Morgan fingerprint density at radius 3 is 2.21 bits per heavy atom. The smallest absolute Gasteiger partial charge is 0.226 e. The van der Waals surface area contributed by atoms with E-state index >= 15 is 0 Å². The van der Waals surface area contributed by atoms with Crippen molar-refractivity contribution in [2.45, 2.75) is 130 Å². The van der Waals surface area contributed by atoms with Crippen LogP contribution < -0.4 is 5.32 Å². The van der Waals surface area contributed by atoms with Gasteiger partial charge in [-0.3, -0.25) is 19.2 Å². The van der Waals surface area contributed by atoms with Gasteiger partial charge in [-0.05, 0) is 55.5 Å². The van der Waals surface area contributed by atoms with E-state index in [4.69, 9.17) is 4.74 Å². The van der Waals surface area contributed by atoms with Crippen LogP contribution in [-0.4, -0.2) is 90.1 Å². The third-order valence-corrected chi connectivity index (χ3v) is 13.0. The number of carbonyl (C=O) groups excluding carboxylic acids is 4. The van der Waals surface area contributed by atoms with E-state index in [-0.39, 0.29) is 89.9 Å². The Bertz CT molecular complexity index is 1430. The zero-order valence-electron chi connectivity index (χ0n) is 34.3. The Hall–Kier alpha value is -2.95. The van der Waals surface area contributed by atoms with Crippen molar-refractivity contribution < 1.29 is 23.9 Å². The van der Waals surface area contributed by atoms with Crippen LogP contribution >= 0.6 is 11.3 Å². The maximum Gasteiger partial charge on any atom is 0.226 e. The van der Waals surface area contributed by atoms with Crippen LogP contribution in [0, 0.1) is 35.5 Å². The SMILES string of the molecule is CC[C@H](C)[C@@H]([C@@H](CC(=O)N1CCC[C@H]1[C@H](C)[C@@H](C)C(=O)C[C@@H](Cc1ccccc1)c1nccs1)OC)N(C)C(=O)[C@@H](CC(=O)[C@@H](NC)C(C)C)C(C)C. The molecule has 53 heavy (non-hydrogen) atoms. The number of Topliss-reactive ketones (excluding diaryl/α,β-unsaturated/α-hetero) is 2. The van der Waals surface area contributed by atoms with Crippen molar-refractivity contribution >= 4 is 34.7 Å². The van der Waals surface area contributed by atoms with E-state index in [2.05, 4.69) is 43.2 Å². The number of methoxy groups -OCH3 is 1. The molecule has 3 rings (SSSR count). The van der Waals surface area contributed by atoms with Gasteiger partial charge in [0, 0.05) is 68.9 Å². The van der Waals surface area contributed by atoms with E-state index in [1.165, 1.54) is 5.56 Å². The van der Waals surface area contributed by atoms with E-state index in [0.29, 0.717) is 13.0 Å². The summed E-state index contributed by atoms with van der Waals surface area (Å²) >= 11 is 1.60. The van der Waals surface area contributed by atoms with Gasteiger partial charge >= 0.3 is 0 Å². The minimum Gasteiger partial charge on any atom is -0.379 e. The summed E-state index contributed by atoms with van der Waals surface area (Å²) in [5.74, 6) is -0.436. The number of carbonyl (C=O) groups is 4. The van der Waals surface area contributed by atoms with Crippen LogP contribution in [0.5, 0.6) is 0 Å². The van der Waals surface area contributed by atoms with Crippen molar-refractivity contribution in [2.24, 2.45) is 35.5 Å². The molecule has 0 spiro atoms. The number of thiazole rings is 1. The third-order valence-electron chi connectivity index (χ3n) is 12.0. The Morgan fingerprint density at radius 2 is 1.66 bits per heavy atom. The number of likely N-dealkylation sites (N-methyl/N-ethyl adjacent to an activating group) is 2. The van der Waals surface area contributed by atoms with Crippen molar-refractivity contribution in [1.82, 2.24) is 20.1 Å². The van der Waals surface area contributed by atoms with Crippen molar-refractivity contribution in [2.75, 3.05) is 27.7 Å². The summed E-state index contributed by atoms with van der Waals surface area (Å²) in [6.45, 7) is 17.0. The monoisotopic (exact) mass is 752 g/mol. The first-order chi connectivity index (χ1) is 25.2. The number of ketones is 2. The second kappa shape index (κ2) is 21.2. The van der Waals surface area contributed by atoms with Crippen LogP contribution in [0.1, 0.15) is 110 Å². The second-order valence-corrected chi connectivity index (χ2v) is 17.1. The third kappa shape index (κ3) is 11.8. The molecule has 1 aromatic carbocycles. The van der Waals surface area contributed by atoms with Gasteiger partial charge in [0.05, 0.1) is 29.6 Å². The Kier molecular flexibility index (Phi) is 17.8. The number of nitrogens with zero attached hydrogens (tertiary/aromatic N) is 3. The molecule has 1 aliphatic rings. The number of amides is 2. The minimum absolute atomic E-state index is 0.00544. The lowest BCUT2D eigenvalue weighted by Crippen LogP contribution is -2.53. The lowest BCUT2D eigenvalue weighted by molar-refractivity contribution is -0.148. The largest absolute Gasteiger partial charge is 0.379 e. The number of hydrogen-bond acceptors (Lipinski definition) is 8. The highest BCUT2D eigenvalue weighted by atomic mass is 32.1. The Labute approximate surface area is 324 Å². The lowest BCUT2D eigenvalue weighted by atomic mass is 9.81. The highest BCUT2D eigenvalue weighted by Crippen LogP contribution is 2.35. The summed E-state index contributed by atoms with van der Waals surface area (Å²) in [6, 6.07) is 9.54. The summed E-state index contributed by atoms with van der Waals surface area (Å²) in [4.78, 5) is 64.0. The van der Waals surface area contributed by atoms with Crippen molar-refractivity contribution in [1.29, 1.82) is 0 Å². The van der Waals surface area contributed by atoms with Gasteiger partial charge in [0.15, 0.2) is 5.78 Å². The first-order valence-corrected chi connectivity index (χ1v) is 20.8. The average molecular weight is 753 g/mol. The molecule has 9 nitrogen and oxygen atoms in total. The summed E-state index contributed by atoms with van der Waals surface area (Å²) in [5, 5.41) is 6.08. The Morgan fingerprint density at radius 1 is 0.981 bits per heavy atom. The molecule has 296 valence electrons. The van der Waals surface area contributed by atoms with E-state index in [0.717, 1.165) is 30.7 Å². The minimum atomic E-state index is -0.525. The van der Waals surface area contributed by atoms with Gasteiger partial charge in [0.1, 0.15) is 5.78 Å². The van der Waals surface area contributed by atoms with E-state index < -0.39 is 12.0 Å². The van der Waals surface area contributed by atoms with Crippen LogP contribution in [0.15, 0.2) is 41.9 Å². The summed E-state index contributed by atoms with van der Waals surface area (Å²) in [7, 11) is 5.21. The number of rotatable bonds is 22. The standard InChI is InChI=1S/C43H68N4O5S/c1-12-29(6)41(46(10)43(51)34(27(2)3)25-37(49)40(44-9)28(4)5)38(52-11)26-39(50)47-21-16-19-35(47)30(7)31(8)36(48)24-33(42-45-20-22-53-42)23-32-17-14-13-15-18-32/h13-15,17-18,20,22,27-31,33-35,38,40-41,44H,12,16,19,21,23-26H2,1-11H3/t29-,30+,31+,33+,34-,35-,38+,40-,41-/m0/s1. The predicted octanol–water partition coefficient (Wildman–Crippen LogP) is 7.45. The maximum atomic E-state index is 14.2. The lowest BCUT2D eigenvalue weighted by Gasteiger charge is -2.40. The molecule has 0 saturated carbocycles. The van der Waals surface area contributed by atoms with E-state index in [9.17, 15) is 19.2 Å². The molecular formula is C43H68N4O5S. The maximum absolute atomic E-state index is 14.2. The van der Waals surface area contributed by atoms with Crippen LogP contribution in [-0.2, 0) is 30.3 Å². The summed E-state index contributed by atoms with van der Waals surface area (Å²) in [5.41, 5.74) is 1.19. The van der Waals surface area contributed by atoms with Gasteiger partial charge in [0.25, 0.3) is 0 Å². The molecule has 2 aromatic rings. The molecule has 1 N–H and O–H groups in total. The molecule has 10 heteroatoms. The number of likely N-dealkylation sites (tertiary alicyclic amines) is 1. The number of ether oxygens (including phenoxy) is 1. The van der Waals surface area contributed by atoms with Gasteiger partial charge < -0.3 is 19.9 Å². The molecule has 1 aliphatic heterocycles. The molecule has 1 fully saturated rings. The van der Waals surface area contributed by atoms with Crippen molar-refractivity contribution in [3.8, 4) is 0 Å². The van der Waals surface area contributed by atoms with Crippen LogP contribution in [0.2, 0.25) is 0 Å². The van der Waals surface area contributed by atoms with E-state index in [1.54, 1.807) is 43.6 Å². The first kappa shape index (κ1) is 44.4. The van der Waals surface area contributed by atoms with Gasteiger partial charge in [-0.15, -0.1) is 11.3 Å². The van der Waals surface area contributed by atoms with Gasteiger partial charge in [-0.2, -0.15) is 0 Å². The summed E-state index contributed by atoms with van der Waals surface area (Å²) < 4.78 is 6.08. The number of nitrogens with one attached hydrogen (secondary N) is 1. The Balaban J connectivity index is 1.75. The van der Waals surface area contributed by atoms with Crippen LogP contribution in [0.4, 0.5) is 0 Å². The van der Waals surface area contributed by atoms with Crippen molar-refractivity contribution in [3.63, 3.8) is 0 Å². The number of benzene rings is 1. The highest BCUT2D eigenvalue weighted by Gasteiger charge is 2.42. The average Bonchev–Trinajstić information content (AvgIpc) is 3.86. The normalized spacial score (nSPS) is 19.3. The highest BCUT2D eigenvalue weighted by molar-refractivity contribution is 7.09. The molecule has 0 bridgehead atoms. The molecule has 1 aromatic heterocycles. The molecular weight excluding hydrogens is 685 g/mol. The quantitative estimate of drug-likeness (QED) is 0.133. The molecule has 9 atom stereocenters. The van der Waals surface area contributed by atoms with Gasteiger partial charge in [-0.25, -0.2) is 4.98 Å². The fourth-order valence-corrected chi connectivity index (χ4v) is 9.13. The predicted molar refractivity (Wildman–Crippen MR) is 215 cm³/mol. The van der Waals surface area contributed by atoms with Crippen LogP contribution in [0.25, 0.3) is 0 Å². The molecule has 2 heterocycles. The zero-order chi connectivity index (χ0) is 39.4. The molecule has 0 unspecified atom stereocenters. The van der Waals surface area contributed by atoms with Gasteiger partial charge in [0.2, 0.25) is 11.8 Å². The number of aromatic nitrogens is 1. The van der Waals surface area contributed by atoms with Crippen LogP contribution in [0.3, 0.4) is 0 Å². The number of hydrogen-bond donors (Lipinski definition) is 1. The molecule has 0 radical (unpaired) electrons. The fourth-order valence-electron chi connectivity index (χ4n) is 8.38. The molecule has 2 amide bonds. The zero-order valence-corrected chi connectivity index (χ0v) is 35.2. The van der Waals surface area contributed by atoms with Gasteiger partial charge in [-0.1, -0.05) is 92.1 Å². The molecule has 0 aliphatic carbocycles. The summed E-state index contributed by atoms with van der Waals surface area (Å²) in [6.07, 6.45) is 5.28.